The summed E-state index contributed by atoms with van der Waals surface area (Å²) in [6.07, 6.45) is 6.74. The quantitative estimate of drug-likeness (QED) is 0.816. The number of oxazole rings is 1. The lowest BCUT2D eigenvalue weighted by atomic mass is 9.95. The number of carbonyl (C=O) groups is 1. The molecule has 1 aliphatic rings. The smallest absolute Gasteiger partial charge is 0.226 e. The Morgan fingerprint density at radius 2 is 2.00 bits per heavy atom. The highest BCUT2D eigenvalue weighted by atomic mass is 19.1. The number of carbonyl (C=O) groups excluding carboxylic acids is 1. The molecule has 1 amide bonds. The van der Waals surface area contributed by atoms with E-state index in [1.807, 2.05) is 0 Å². The standard InChI is InChI=1S/C19H23FN2O3/c20-15-8-6-13(7-9-15)19-21-16(12-25-19)10-18(24)22-17-5-3-1-2-4-14(17)11-23/h6-9,12,14,17,23H,1-5,10-11H2,(H,22,24). The molecule has 0 saturated heterocycles. The van der Waals surface area contributed by atoms with Crippen LogP contribution in [0.1, 0.15) is 37.8 Å². The highest BCUT2D eigenvalue weighted by Crippen LogP contribution is 2.23. The maximum absolute atomic E-state index is 13.0. The molecule has 1 aromatic heterocycles. The molecular formula is C19H23FN2O3. The Kier molecular flexibility index (Phi) is 5.81. The molecule has 5 nitrogen and oxygen atoms in total. The highest BCUT2D eigenvalue weighted by molar-refractivity contribution is 5.78. The first-order chi connectivity index (χ1) is 12.2. The topological polar surface area (TPSA) is 75.4 Å². The van der Waals surface area contributed by atoms with Crippen LogP contribution in [0.4, 0.5) is 4.39 Å². The van der Waals surface area contributed by atoms with Crippen LogP contribution in [0.5, 0.6) is 0 Å². The number of amides is 1. The minimum Gasteiger partial charge on any atom is -0.444 e. The minimum atomic E-state index is -0.322. The molecule has 0 radical (unpaired) electrons. The van der Waals surface area contributed by atoms with Gasteiger partial charge in [-0.15, -0.1) is 0 Å². The van der Waals surface area contributed by atoms with Crippen molar-refractivity contribution in [3.8, 4) is 11.5 Å². The summed E-state index contributed by atoms with van der Waals surface area (Å²) in [5, 5.41) is 12.6. The van der Waals surface area contributed by atoms with Crippen molar-refractivity contribution in [2.75, 3.05) is 6.61 Å². The van der Waals surface area contributed by atoms with Gasteiger partial charge in [-0.25, -0.2) is 9.37 Å². The number of hydrogen-bond donors (Lipinski definition) is 2. The van der Waals surface area contributed by atoms with E-state index >= 15 is 0 Å². The summed E-state index contributed by atoms with van der Waals surface area (Å²) < 4.78 is 18.4. The van der Waals surface area contributed by atoms with E-state index in [1.54, 1.807) is 12.1 Å². The minimum absolute atomic E-state index is 0.0171. The molecule has 6 heteroatoms. The molecular weight excluding hydrogens is 323 g/mol. The van der Waals surface area contributed by atoms with Gasteiger partial charge in [-0.1, -0.05) is 19.3 Å². The number of nitrogens with zero attached hydrogens (tertiary/aromatic N) is 1. The van der Waals surface area contributed by atoms with Crippen molar-refractivity contribution in [3.05, 3.63) is 42.0 Å². The summed E-state index contributed by atoms with van der Waals surface area (Å²) in [5.41, 5.74) is 1.20. The first-order valence-corrected chi connectivity index (χ1v) is 8.76. The fourth-order valence-electron chi connectivity index (χ4n) is 3.33. The normalized spacial score (nSPS) is 20.9. The molecule has 2 aromatic rings. The van der Waals surface area contributed by atoms with Crippen molar-refractivity contribution in [2.24, 2.45) is 5.92 Å². The molecule has 134 valence electrons. The molecule has 1 saturated carbocycles. The Bertz CT molecular complexity index is 699. The SMILES string of the molecule is O=C(Cc1coc(-c2ccc(F)cc2)n1)NC1CCCCCC1CO. The Hall–Kier alpha value is -2.21. The van der Waals surface area contributed by atoms with E-state index < -0.39 is 0 Å². The maximum Gasteiger partial charge on any atom is 0.226 e. The van der Waals surface area contributed by atoms with E-state index in [0.29, 0.717) is 17.1 Å². The van der Waals surface area contributed by atoms with Crippen molar-refractivity contribution >= 4 is 5.91 Å². The van der Waals surface area contributed by atoms with E-state index in [1.165, 1.54) is 18.4 Å². The number of rotatable bonds is 5. The van der Waals surface area contributed by atoms with Gasteiger partial charge in [-0.05, 0) is 37.1 Å². The molecule has 3 rings (SSSR count). The van der Waals surface area contributed by atoms with Gasteiger partial charge in [0, 0.05) is 24.1 Å². The Morgan fingerprint density at radius 3 is 2.76 bits per heavy atom. The number of nitrogens with one attached hydrogen (secondary N) is 1. The second kappa shape index (κ2) is 8.25. The predicted molar refractivity (Wildman–Crippen MR) is 91.2 cm³/mol. The lowest BCUT2D eigenvalue weighted by Gasteiger charge is -2.24. The van der Waals surface area contributed by atoms with Gasteiger partial charge in [-0.3, -0.25) is 4.79 Å². The number of aliphatic hydroxyl groups is 1. The van der Waals surface area contributed by atoms with Crippen LogP contribution < -0.4 is 5.32 Å². The molecule has 0 aliphatic heterocycles. The number of aromatic nitrogens is 1. The van der Waals surface area contributed by atoms with Gasteiger partial charge >= 0.3 is 0 Å². The van der Waals surface area contributed by atoms with Crippen molar-refractivity contribution in [1.82, 2.24) is 10.3 Å². The molecule has 2 atom stereocenters. The van der Waals surface area contributed by atoms with Crippen LogP contribution in [-0.4, -0.2) is 28.6 Å². The molecule has 25 heavy (non-hydrogen) atoms. The zero-order valence-electron chi connectivity index (χ0n) is 14.1. The van der Waals surface area contributed by atoms with Crippen LogP contribution >= 0.6 is 0 Å². The molecule has 2 N–H and O–H groups in total. The monoisotopic (exact) mass is 346 g/mol. The summed E-state index contributed by atoms with van der Waals surface area (Å²) in [5.74, 6) is 0.0464. The Balaban J connectivity index is 1.60. The third-order valence-corrected chi connectivity index (χ3v) is 4.72. The van der Waals surface area contributed by atoms with E-state index in [2.05, 4.69) is 10.3 Å². The molecule has 1 heterocycles. The second-order valence-corrected chi connectivity index (χ2v) is 6.58. The zero-order chi connectivity index (χ0) is 17.6. The highest BCUT2D eigenvalue weighted by Gasteiger charge is 2.24. The van der Waals surface area contributed by atoms with Crippen LogP contribution in [0, 0.1) is 11.7 Å². The van der Waals surface area contributed by atoms with E-state index in [9.17, 15) is 14.3 Å². The van der Waals surface area contributed by atoms with Crippen molar-refractivity contribution in [1.29, 1.82) is 0 Å². The lowest BCUT2D eigenvalue weighted by molar-refractivity contribution is -0.121. The molecule has 1 fully saturated rings. The predicted octanol–water partition coefficient (Wildman–Crippen LogP) is 3.08. The van der Waals surface area contributed by atoms with Crippen molar-refractivity contribution in [3.63, 3.8) is 0 Å². The van der Waals surface area contributed by atoms with Crippen LogP contribution in [0.3, 0.4) is 0 Å². The number of hydrogen-bond acceptors (Lipinski definition) is 4. The fourth-order valence-corrected chi connectivity index (χ4v) is 3.33. The summed E-state index contributed by atoms with van der Waals surface area (Å²) >= 11 is 0. The molecule has 1 aliphatic carbocycles. The van der Waals surface area contributed by atoms with Crippen LogP contribution in [0.25, 0.3) is 11.5 Å². The van der Waals surface area contributed by atoms with E-state index in [0.717, 1.165) is 32.1 Å². The number of benzene rings is 1. The maximum atomic E-state index is 13.0. The number of halogens is 1. The summed E-state index contributed by atoms with van der Waals surface area (Å²) in [6.45, 7) is 0.101. The Labute approximate surface area is 146 Å². The molecule has 0 bridgehead atoms. The van der Waals surface area contributed by atoms with Crippen LogP contribution in [-0.2, 0) is 11.2 Å². The van der Waals surface area contributed by atoms with Gasteiger partial charge in [-0.2, -0.15) is 0 Å². The third-order valence-electron chi connectivity index (χ3n) is 4.72. The van der Waals surface area contributed by atoms with Gasteiger partial charge < -0.3 is 14.8 Å². The third kappa shape index (κ3) is 4.66. The van der Waals surface area contributed by atoms with E-state index in [4.69, 9.17) is 4.42 Å². The van der Waals surface area contributed by atoms with Crippen molar-refractivity contribution < 1.29 is 18.7 Å². The van der Waals surface area contributed by atoms with Gasteiger partial charge in [0.1, 0.15) is 12.1 Å². The summed E-state index contributed by atoms with van der Waals surface area (Å²) in [6, 6.07) is 5.87. The van der Waals surface area contributed by atoms with Gasteiger partial charge in [0.15, 0.2) is 0 Å². The van der Waals surface area contributed by atoms with Crippen molar-refractivity contribution in [2.45, 2.75) is 44.6 Å². The lowest BCUT2D eigenvalue weighted by Crippen LogP contribution is -2.41. The summed E-state index contributed by atoms with van der Waals surface area (Å²) in [7, 11) is 0. The largest absolute Gasteiger partial charge is 0.444 e. The second-order valence-electron chi connectivity index (χ2n) is 6.58. The molecule has 0 spiro atoms. The fraction of sp³-hybridized carbons (Fsp3) is 0.474. The Morgan fingerprint density at radius 1 is 1.24 bits per heavy atom. The number of aliphatic hydroxyl groups excluding tert-OH is 1. The van der Waals surface area contributed by atoms with Crippen LogP contribution in [0.2, 0.25) is 0 Å². The first kappa shape index (κ1) is 17.6. The molecule has 2 unspecified atom stereocenters. The molecule has 1 aromatic carbocycles. The average Bonchev–Trinajstić information content (AvgIpc) is 2.94. The van der Waals surface area contributed by atoms with Gasteiger partial charge in [0.2, 0.25) is 11.8 Å². The van der Waals surface area contributed by atoms with Gasteiger partial charge in [0.25, 0.3) is 0 Å². The van der Waals surface area contributed by atoms with Gasteiger partial charge in [0.05, 0.1) is 12.1 Å². The zero-order valence-corrected chi connectivity index (χ0v) is 14.1. The van der Waals surface area contributed by atoms with E-state index in [-0.39, 0.29) is 36.7 Å². The summed E-state index contributed by atoms with van der Waals surface area (Å²) in [4.78, 5) is 16.6. The average molecular weight is 346 g/mol. The van der Waals surface area contributed by atoms with Crippen LogP contribution in [0.15, 0.2) is 34.9 Å². The first-order valence-electron chi connectivity index (χ1n) is 8.76.